The SMILES string of the molecule is O=C(Oc1ccc2c(c1)OC(=Cc1ccncc1)C2=O)c1ccc(F)cc1. The highest BCUT2D eigenvalue weighted by Gasteiger charge is 2.28. The van der Waals surface area contributed by atoms with Crippen LogP contribution in [0.15, 0.2) is 72.8 Å². The van der Waals surface area contributed by atoms with Crippen LogP contribution in [0, 0.1) is 5.82 Å². The van der Waals surface area contributed by atoms with Crippen molar-refractivity contribution in [3.8, 4) is 11.5 Å². The summed E-state index contributed by atoms with van der Waals surface area (Å²) in [6.45, 7) is 0. The number of halogens is 1. The monoisotopic (exact) mass is 361 g/mol. The summed E-state index contributed by atoms with van der Waals surface area (Å²) >= 11 is 0. The minimum Gasteiger partial charge on any atom is -0.452 e. The molecule has 0 fully saturated rings. The third-order valence-corrected chi connectivity index (χ3v) is 3.94. The van der Waals surface area contributed by atoms with E-state index >= 15 is 0 Å². The summed E-state index contributed by atoms with van der Waals surface area (Å²) in [6.07, 6.45) is 4.85. The standard InChI is InChI=1S/C21H12FNO4/c22-15-3-1-14(2-4-15)21(25)26-16-5-6-17-18(12-16)27-19(20(17)24)11-13-7-9-23-10-8-13/h1-12H. The molecule has 6 heteroatoms. The van der Waals surface area contributed by atoms with Crippen molar-refractivity contribution < 1.29 is 23.5 Å². The maximum atomic E-state index is 12.9. The Kier molecular flexibility index (Phi) is 4.22. The molecule has 1 aliphatic rings. The van der Waals surface area contributed by atoms with E-state index in [1.807, 2.05) is 0 Å². The number of allylic oxidation sites excluding steroid dienone is 1. The van der Waals surface area contributed by atoms with E-state index in [1.165, 1.54) is 36.4 Å². The Bertz CT molecular complexity index is 1060. The second kappa shape index (κ2) is 6.84. The molecule has 2 aromatic carbocycles. The first-order chi connectivity index (χ1) is 13.1. The normalized spacial score (nSPS) is 14.0. The number of carbonyl (C=O) groups excluding carboxylic acids is 2. The number of Topliss-reactive ketones (excluding diaryl/α,β-unsaturated/α-hetero) is 1. The Balaban J connectivity index is 1.55. The number of pyridine rings is 1. The minimum atomic E-state index is -0.633. The maximum absolute atomic E-state index is 12.9. The minimum absolute atomic E-state index is 0.179. The van der Waals surface area contributed by atoms with Crippen molar-refractivity contribution in [1.82, 2.24) is 4.98 Å². The zero-order valence-electron chi connectivity index (χ0n) is 13.9. The Morgan fingerprint density at radius 1 is 1.04 bits per heavy atom. The number of ketones is 1. The summed E-state index contributed by atoms with van der Waals surface area (Å²) in [7, 11) is 0. The number of carbonyl (C=O) groups is 2. The molecule has 1 aliphatic heterocycles. The summed E-state index contributed by atoms with van der Waals surface area (Å²) in [5.74, 6) is -0.612. The first kappa shape index (κ1) is 16.7. The lowest BCUT2D eigenvalue weighted by Crippen LogP contribution is -2.08. The molecular weight excluding hydrogens is 349 g/mol. The summed E-state index contributed by atoms with van der Waals surface area (Å²) in [5.41, 5.74) is 1.38. The van der Waals surface area contributed by atoms with Gasteiger partial charge in [0.05, 0.1) is 11.1 Å². The van der Waals surface area contributed by atoms with Crippen molar-refractivity contribution in [3.05, 3.63) is 95.3 Å². The molecule has 0 saturated heterocycles. The molecule has 1 aromatic heterocycles. The fraction of sp³-hybridized carbons (Fsp3) is 0. The first-order valence-corrected chi connectivity index (χ1v) is 8.06. The molecule has 4 rings (SSSR count). The lowest BCUT2D eigenvalue weighted by Gasteiger charge is -2.05. The van der Waals surface area contributed by atoms with Gasteiger partial charge in [0.25, 0.3) is 0 Å². The molecule has 0 radical (unpaired) electrons. The molecule has 0 bridgehead atoms. The second-order valence-electron chi connectivity index (χ2n) is 5.77. The maximum Gasteiger partial charge on any atom is 0.343 e. The van der Waals surface area contributed by atoms with Gasteiger partial charge in [0.1, 0.15) is 17.3 Å². The molecule has 0 aliphatic carbocycles. The van der Waals surface area contributed by atoms with Crippen LogP contribution in [0.2, 0.25) is 0 Å². The fourth-order valence-electron chi connectivity index (χ4n) is 2.59. The van der Waals surface area contributed by atoms with E-state index in [0.717, 1.165) is 5.56 Å². The van der Waals surface area contributed by atoms with Crippen LogP contribution in [0.3, 0.4) is 0 Å². The lowest BCUT2D eigenvalue weighted by atomic mass is 10.1. The van der Waals surface area contributed by atoms with Crippen molar-refractivity contribution in [1.29, 1.82) is 0 Å². The molecule has 27 heavy (non-hydrogen) atoms. The summed E-state index contributed by atoms with van der Waals surface area (Å²) in [6, 6.07) is 13.1. The van der Waals surface area contributed by atoms with Crippen molar-refractivity contribution >= 4 is 17.8 Å². The topological polar surface area (TPSA) is 65.5 Å². The fourth-order valence-corrected chi connectivity index (χ4v) is 2.59. The summed E-state index contributed by atoms with van der Waals surface area (Å²) in [5, 5.41) is 0. The number of hydrogen-bond donors (Lipinski definition) is 0. The van der Waals surface area contributed by atoms with E-state index in [9.17, 15) is 14.0 Å². The van der Waals surface area contributed by atoms with Crippen molar-refractivity contribution in [2.45, 2.75) is 0 Å². The molecule has 0 saturated carbocycles. The smallest absolute Gasteiger partial charge is 0.343 e. The number of fused-ring (bicyclic) bond motifs is 1. The van der Waals surface area contributed by atoms with Crippen molar-refractivity contribution in [2.75, 3.05) is 0 Å². The van der Waals surface area contributed by atoms with Crippen LogP contribution in [0.4, 0.5) is 4.39 Å². The second-order valence-corrected chi connectivity index (χ2v) is 5.77. The van der Waals surface area contributed by atoms with Crippen molar-refractivity contribution in [3.63, 3.8) is 0 Å². The van der Waals surface area contributed by atoms with Crippen LogP contribution in [-0.2, 0) is 0 Å². The molecule has 0 atom stereocenters. The summed E-state index contributed by atoms with van der Waals surface area (Å²) in [4.78, 5) is 28.5. The van der Waals surface area contributed by atoms with E-state index in [0.29, 0.717) is 11.3 Å². The van der Waals surface area contributed by atoms with E-state index in [1.54, 1.807) is 36.7 Å². The highest BCUT2D eigenvalue weighted by molar-refractivity contribution is 6.14. The van der Waals surface area contributed by atoms with Crippen LogP contribution in [0.1, 0.15) is 26.3 Å². The third-order valence-electron chi connectivity index (χ3n) is 3.94. The van der Waals surface area contributed by atoms with Crippen LogP contribution >= 0.6 is 0 Å². The number of benzene rings is 2. The average molecular weight is 361 g/mol. The Hall–Kier alpha value is -3.80. The molecule has 5 nitrogen and oxygen atoms in total. The number of hydrogen-bond acceptors (Lipinski definition) is 5. The number of ether oxygens (including phenoxy) is 2. The van der Waals surface area contributed by atoms with Crippen LogP contribution < -0.4 is 9.47 Å². The Morgan fingerprint density at radius 2 is 1.78 bits per heavy atom. The molecular formula is C21H12FNO4. The van der Waals surface area contributed by atoms with Crippen LogP contribution in [-0.4, -0.2) is 16.7 Å². The highest BCUT2D eigenvalue weighted by atomic mass is 19.1. The lowest BCUT2D eigenvalue weighted by molar-refractivity contribution is 0.0734. The van der Waals surface area contributed by atoms with Gasteiger partial charge in [-0.2, -0.15) is 0 Å². The van der Waals surface area contributed by atoms with Gasteiger partial charge in [0.2, 0.25) is 5.78 Å². The van der Waals surface area contributed by atoms with Gasteiger partial charge < -0.3 is 9.47 Å². The van der Waals surface area contributed by atoms with E-state index in [2.05, 4.69) is 4.98 Å². The number of rotatable bonds is 3. The summed E-state index contributed by atoms with van der Waals surface area (Å²) < 4.78 is 23.8. The van der Waals surface area contributed by atoms with Crippen LogP contribution in [0.25, 0.3) is 6.08 Å². The van der Waals surface area contributed by atoms with E-state index in [4.69, 9.17) is 9.47 Å². The number of aromatic nitrogens is 1. The number of nitrogens with zero attached hydrogens (tertiary/aromatic N) is 1. The Labute approximate surface area is 153 Å². The van der Waals surface area contributed by atoms with Gasteiger partial charge in [0, 0.05) is 18.5 Å². The van der Waals surface area contributed by atoms with Gasteiger partial charge in [-0.15, -0.1) is 0 Å². The Morgan fingerprint density at radius 3 is 2.52 bits per heavy atom. The molecule has 132 valence electrons. The number of esters is 1. The van der Waals surface area contributed by atoms with Gasteiger partial charge >= 0.3 is 5.97 Å². The predicted octanol–water partition coefficient (Wildman–Crippen LogP) is 4.06. The molecule has 0 spiro atoms. The molecule has 0 N–H and O–H groups in total. The average Bonchev–Trinajstić information content (AvgIpc) is 2.98. The highest BCUT2D eigenvalue weighted by Crippen LogP contribution is 2.35. The predicted molar refractivity (Wildman–Crippen MR) is 95.0 cm³/mol. The molecule has 3 aromatic rings. The molecule has 0 amide bonds. The van der Waals surface area contributed by atoms with Gasteiger partial charge in [-0.25, -0.2) is 9.18 Å². The zero-order valence-corrected chi connectivity index (χ0v) is 13.9. The van der Waals surface area contributed by atoms with E-state index < -0.39 is 11.8 Å². The molecule has 2 heterocycles. The first-order valence-electron chi connectivity index (χ1n) is 8.06. The van der Waals surface area contributed by atoms with Gasteiger partial charge in [-0.3, -0.25) is 9.78 Å². The quantitative estimate of drug-likeness (QED) is 0.400. The third kappa shape index (κ3) is 3.46. The van der Waals surface area contributed by atoms with Gasteiger partial charge in [-0.1, -0.05) is 0 Å². The zero-order chi connectivity index (χ0) is 18.8. The van der Waals surface area contributed by atoms with Gasteiger partial charge in [-0.05, 0) is 60.2 Å². The molecule has 0 unspecified atom stereocenters. The van der Waals surface area contributed by atoms with Gasteiger partial charge in [0.15, 0.2) is 5.76 Å². The van der Waals surface area contributed by atoms with Crippen molar-refractivity contribution in [2.24, 2.45) is 0 Å². The van der Waals surface area contributed by atoms with E-state index in [-0.39, 0.29) is 22.9 Å². The van der Waals surface area contributed by atoms with Crippen LogP contribution in [0.5, 0.6) is 11.5 Å². The largest absolute Gasteiger partial charge is 0.452 e.